The first-order chi connectivity index (χ1) is 9.21. The van der Waals surface area contributed by atoms with Gasteiger partial charge in [0.15, 0.2) is 0 Å². The van der Waals surface area contributed by atoms with Gasteiger partial charge in [0.2, 0.25) is 0 Å². The van der Waals surface area contributed by atoms with Crippen LogP contribution in [0.3, 0.4) is 0 Å². The summed E-state index contributed by atoms with van der Waals surface area (Å²) in [5.74, 6) is 0. The highest BCUT2D eigenvalue weighted by atomic mass is 16.5. The molecule has 1 N–H and O–H groups in total. The van der Waals surface area contributed by atoms with E-state index in [1.807, 2.05) is 0 Å². The van der Waals surface area contributed by atoms with Crippen LogP contribution in [0.15, 0.2) is 0 Å². The normalized spacial score (nSPS) is 12.9. The van der Waals surface area contributed by atoms with Gasteiger partial charge in [0.1, 0.15) is 0 Å². The predicted molar refractivity (Wildman–Crippen MR) is 87.3 cm³/mol. The van der Waals surface area contributed by atoms with E-state index in [2.05, 4.69) is 46.9 Å². The summed E-state index contributed by atoms with van der Waals surface area (Å²) in [7, 11) is 0. The minimum atomic E-state index is 0.240. The van der Waals surface area contributed by atoms with Crippen LogP contribution in [0.4, 0.5) is 0 Å². The molecule has 0 fully saturated rings. The Kier molecular flexibility index (Phi) is 10.5. The second kappa shape index (κ2) is 10.6. The molecular weight excluding hydrogens is 250 g/mol. The molecule has 0 saturated heterocycles. The molecule has 0 unspecified atom stereocenters. The van der Waals surface area contributed by atoms with Crippen molar-refractivity contribution in [2.75, 3.05) is 33.0 Å². The maximum atomic E-state index is 5.61. The average Bonchev–Trinajstić information content (AvgIpc) is 2.27. The van der Waals surface area contributed by atoms with E-state index in [0.717, 1.165) is 45.8 Å². The number of ether oxygens (including phenoxy) is 2. The fourth-order valence-corrected chi connectivity index (χ4v) is 1.71. The average molecular weight is 287 g/mol. The Labute approximate surface area is 126 Å². The van der Waals surface area contributed by atoms with E-state index in [0.29, 0.717) is 0 Å². The van der Waals surface area contributed by atoms with Gasteiger partial charge in [-0.05, 0) is 58.4 Å². The molecule has 0 aromatic carbocycles. The lowest BCUT2D eigenvalue weighted by Gasteiger charge is -2.20. The summed E-state index contributed by atoms with van der Waals surface area (Å²) in [5, 5.41) is 3.50. The largest absolute Gasteiger partial charge is 0.381 e. The quantitative estimate of drug-likeness (QED) is 0.582. The van der Waals surface area contributed by atoms with Crippen molar-refractivity contribution in [3.63, 3.8) is 0 Å². The molecule has 3 nitrogen and oxygen atoms in total. The molecule has 0 heterocycles. The van der Waals surface area contributed by atoms with Gasteiger partial charge in [-0.1, -0.05) is 20.8 Å². The van der Waals surface area contributed by atoms with Crippen LogP contribution in [0.25, 0.3) is 0 Å². The first kappa shape index (κ1) is 19.9. The Morgan fingerprint density at radius 1 is 0.700 bits per heavy atom. The van der Waals surface area contributed by atoms with E-state index in [9.17, 15) is 0 Å². The van der Waals surface area contributed by atoms with Gasteiger partial charge in [0.25, 0.3) is 0 Å². The van der Waals surface area contributed by atoms with Crippen molar-refractivity contribution in [3.8, 4) is 0 Å². The van der Waals surface area contributed by atoms with Crippen molar-refractivity contribution in [2.45, 2.75) is 72.8 Å². The Hall–Kier alpha value is -0.120. The van der Waals surface area contributed by atoms with Crippen LogP contribution in [0.5, 0.6) is 0 Å². The third-order valence-corrected chi connectivity index (χ3v) is 2.73. The third-order valence-electron chi connectivity index (χ3n) is 2.73. The smallest absolute Gasteiger partial charge is 0.0514 e. The van der Waals surface area contributed by atoms with Crippen LogP contribution in [0.1, 0.15) is 67.2 Å². The summed E-state index contributed by atoms with van der Waals surface area (Å²) in [5.41, 5.74) is 0.505. The predicted octanol–water partition coefficient (Wildman–Crippen LogP) is 4.01. The SMILES string of the molecule is CC(C)(C)COCCCOCCCCCNC(C)(C)C. The molecule has 0 radical (unpaired) electrons. The molecule has 0 aliphatic rings. The zero-order valence-corrected chi connectivity index (χ0v) is 14.7. The van der Waals surface area contributed by atoms with Gasteiger partial charge < -0.3 is 14.8 Å². The molecule has 3 heteroatoms. The molecule has 0 aliphatic carbocycles. The molecule has 0 saturated carbocycles. The number of rotatable bonds is 11. The number of nitrogens with one attached hydrogen (secondary N) is 1. The molecule has 0 aromatic heterocycles. The lowest BCUT2D eigenvalue weighted by Crippen LogP contribution is -2.36. The Morgan fingerprint density at radius 2 is 1.30 bits per heavy atom. The second-order valence-corrected chi connectivity index (χ2v) is 7.82. The van der Waals surface area contributed by atoms with Gasteiger partial charge in [0.05, 0.1) is 6.61 Å². The summed E-state index contributed by atoms with van der Waals surface area (Å²) < 4.78 is 11.2. The fraction of sp³-hybridized carbons (Fsp3) is 1.00. The third kappa shape index (κ3) is 17.9. The maximum Gasteiger partial charge on any atom is 0.0514 e. The number of hydrogen-bond donors (Lipinski definition) is 1. The van der Waals surface area contributed by atoms with Gasteiger partial charge in [-0.25, -0.2) is 0 Å². The molecule has 0 bridgehead atoms. The van der Waals surface area contributed by atoms with Crippen LogP contribution < -0.4 is 5.32 Å². The summed E-state index contributed by atoms with van der Waals surface area (Å²) in [6, 6.07) is 0. The second-order valence-electron chi connectivity index (χ2n) is 7.82. The van der Waals surface area contributed by atoms with Crippen LogP contribution in [-0.4, -0.2) is 38.5 Å². The minimum Gasteiger partial charge on any atom is -0.381 e. The molecular formula is C17H37NO2. The highest BCUT2D eigenvalue weighted by Crippen LogP contribution is 2.12. The van der Waals surface area contributed by atoms with Crippen molar-refractivity contribution < 1.29 is 9.47 Å². The summed E-state index contributed by atoms with van der Waals surface area (Å²) in [6.07, 6.45) is 4.63. The van der Waals surface area contributed by atoms with Gasteiger partial charge in [0, 0.05) is 25.4 Å². The van der Waals surface area contributed by atoms with Crippen LogP contribution in [0, 0.1) is 5.41 Å². The van der Waals surface area contributed by atoms with Crippen molar-refractivity contribution in [1.82, 2.24) is 5.32 Å². The lowest BCUT2D eigenvalue weighted by atomic mass is 9.99. The van der Waals surface area contributed by atoms with Gasteiger partial charge in [-0.15, -0.1) is 0 Å². The van der Waals surface area contributed by atoms with E-state index in [1.165, 1.54) is 12.8 Å². The van der Waals surface area contributed by atoms with Gasteiger partial charge in [-0.2, -0.15) is 0 Å². The standard InChI is InChI=1S/C17H37NO2/c1-16(2,3)15-20-14-10-13-19-12-9-7-8-11-18-17(4,5)6/h18H,7-15H2,1-6H3. The van der Waals surface area contributed by atoms with Crippen LogP contribution >= 0.6 is 0 Å². The molecule has 20 heavy (non-hydrogen) atoms. The Morgan fingerprint density at radius 3 is 1.90 bits per heavy atom. The van der Waals surface area contributed by atoms with E-state index in [-0.39, 0.29) is 11.0 Å². The van der Waals surface area contributed by atoms with E-state index < -0.39 is 0 Å². The van der Waals surface area contributed by atoms with E-state index in [4.69, 9.17) is 9.47 Å². The summed E-state index contributed by atoms with van der Waals surface area (Å²) in [6.45, 7) is 17.6. The minimum absolute atomic E-state index is 0.240. The molecule has 0 rings (SSSR count). The molecule has 0 atom stereocenters. The van der Waals surface area contributed by atoms with Crippen LogP contribution in [0.2, 0.25) is 0 Å². The Bertz CT molecular complexity index is 192. The zero-order chi connectivity index (χ0) is 15.5. The van der Waals surface area contributed by atoms with Gasteiger partial charge >= 0.3 is 0 Å². The number of hydrogen-bond acceptors (Lipinski definition) is 3. The number of unbranched alkanes of at least 4 members (excludes halogenated alkanes) is 2. The molecule has 0 aromatic rings. The van der Waals surface area contributed by atoms with E-state index >= 15 is 0 Å². The topological polar surface area (TPSA) is 30.5 Å². The first-order valence-electron chi connectivity index (χ1n) is 8.11. The van der Waals surface area contributed by atoms with Gasteiger partial charge in [-0.3, -0.25) is 0 Å². The molecule has 0 aliphatic heterocycles. The first-order valence-corrected chi connectivity index (χ1v) is 8.11. The van der Waals surface area contributed by atoms with Crippen molar-refractivity contribution in [1.29, 1.82) is 0 Å². The zero-order valence-electron chi connectivity index (χ0n) is 14.7. The molecule has 122 valence electrons. The van der Waals surface area contributed by atoms with Crippen LogP contribution in [-0.2, 0) is 9.47 Å². The highest BCUT2D eigenvalue weighted by molar-refractivity contribution is 4.69. The van der Waals surface area contributed by atoms with Crippen molar-refractivity contribution in [2.24, 2.45) is 5.41 Å². The Balaban J connectivity index is 3.10. The lowest BCUT2D eigenvalue weighted by molar-refractivity contribution is 0.0477. The molecule has 0 amide bonds. The monoisotopic (exact) mass is 287 g/mol. The van der Waals surface area contributed by atoms with Crippen molar-refractivity contribution in [3.05, 3.63) is 0 Å². The molecule has 0 spiro atoms. The summed E-state index contributed by atoms with van der Waals surface area (Å²) >= 11 is 0. The highest BCUT2D eigenvalue weighted by Gasteiger charge is 2.09. The maximum absolute atomic E-state index is 5.61. The fourth-order valence-electron chi connectivity index (χ4n) is 1.71. The van der Waals surface area contributed by atoms with E-state index in [1.54, 1.807) is 0 Å². The summed E-state index contributed by atoms with van der Waals surface area (Å²) in [4.78, 5) is 0. The van der Waals surface area contributed by atoms with Crippen molar-refractivity contribution >= 4 is 0 Å².